The SMILES string of the molecule is CC[C@H](Oc1ccc2c(c1)CCCC2)C(=O)NCc1nc(-c2cccc(Cl)c2)no1. The molecule has 0 spiro atoms. The van der Waals surface area contributed by atoms with Gasteiger partial charge in [0, 0.05) is 10.6 Å². The van der Waals surface area contributed by atoms with Gasteiger partial charge in [-0.15, -0.1) is 0 Å². The lowest BCUT2D eigenvalue weighted by Crippen LogP contribution is -2.37. The average molecular weight is 426 g/mol. The highest BCUT2D eigenvalue weighted by molar-refractivity contribution is 6.30. The normalized spacial score (nSPS) is 14.1. The summed E-state index contributed by atoms with van der Waals surface area (Å²) in [5, 5.41) is 7.37. The summed E-state index contributed by atoms with van der Waals surface area (Å²) in [5.74, 6) is 1.28. The van der Waals surface area contributed by atoms with Gasteiger partial charge in [0.05, 0.1) is 6.54 Å². The lowest BCUT2D eigenvalue weighted by atomic mass is 9.92. The van der Waals surface area contributed by atoms with Crippen molar-refractivity contribution in [2.75, 3.05) is 0 Å². The van der Waals surface area contributed by atoms with E-state index in [9.17, 15) is 4.79 Å². The summed E-state index contributed by atoms with van der Waals surface area (Å²) in [5.41, 5.74) is 3.47. The summed E-state index contributed by atoms with van der Waals surface area (Å²) in [6, 6.07) is 13.3. The van der Waals surface area contributed by atoms with E-state index in [1.807, 2.05) is 25.1 Å². The Balaban J connectivity index is 1.36. The van der Waals surface area contributed by atoms with Crippen LogP contribution in [0.15, 0.2) is 47.0 Å². The van der Waals surface area contributed by atoms with Gasteiger partial charge in [0.25, 0.3) is 5.91 Å². The topological polar surface area (TPSA) is 77.2 Å². The first kappa shape index (κ1) is 20.4. The predicted octanol–water partition coefficient (Wildman–Crippen LogP) is 4.74. The fraction of sp³-hybridized carbons (Fsp3) is 0.348. The number of aromatic nitrogens is 2. The Morgan fingerprint density at radius 1 is 1.20 bits per heavy atom. The molecular weight excluding hydrogens is 402 g/mol. The van der Waals surface area contributed by atoms with Crippen molar-refractivity contribution in [2.24, 2.45) is 0 Å². The molecule has 1 aromatic heterocycles. The number of nitrogens with zero attached hydrogens (tertiary/aromatic N) is 2. The molecule has 1 N–H and O–H groups in total. The highest BCUT2D eigenvalue weighted by Gasteiger charge is 2.20. The molecule has 0 fully saturated rings. The van der Waals surface area contributed by atoms with Gasteiger partial charge in [-0.25, -0.2) is 0 Å². The first-order chi connectivity index (χ1) is 14.6. The van der Waals surface area contributed by atoms with E-state index >= 15 is 0 Å². The van der Waals surface area contributed by atoms with Crippen LogP contribution in [0.2, 0.25) is 5.02 Å². The van der Waals surface area contributed by atoms with Crippen LogP contribution >= 0.6 is 11.6 Å². The zero-order chi connectivity index (χ0) is 20.9. The molecule has 6 nitrogen and oxygen atoms in total. The van der Waals surface area contributed by atoms with Gasteiger partial charge < -0.3 is 14.6 Å². The summed E-state index contributed by atoms with van der Waals surface area (Å²) in [6.45, 7) is 2.06. The summed E-state index contributed by atoms with van der Waals surface area (Å²) < 4.78 is 11.2. The van der Waals surface area contributed by atoms with Gasteiger partial charge in [0.1, 0.15) is 5.75 Å². The van der Waals surface area contributed by atoms with Crippen molar-refractivity contribution in [3.8, 4) is 17.1 Å². The molecule has 1 aliphatic rings. The number of hydrogen-bond acceptors (Lipinski definition) is 5. The molecule has 1 atom stereocenters. The number of benzene rings is 2. The average Bonchev–Trinajstić information content (AvgIpc) is 3.25. The molecule has 0 saturated heterocycles. The molecule has 30 heavy (non-hydrogen) atoms. The Kier molecular flexibility index (Phi) is 6.33. The highest BCUT2D eigenvalue weighted by atomic mass is 35.5. The molecule has 0 bridgehead atoms. The summed E-state index contributed by atoms with van der Waals surface area (Å²) in [6.07, 6.45) is 4.61. The fourth-order valence-electron chi connectivity index (χ4n) is 3.62. The minimum atomic E-state index is -0.582. The molecule has 156 valence electrons. The van der Waals surface area contributed by atoms with E-state index in [1.54, 1.807) is 12.1 Å². The number of carbonyl (C=O) groups excluding carboxylic acids is 1. The Morgan fingerprint density at radius 3 is 2.83 bits per heavy atom. The first-order valence-electron chi connectivity index (χ1n) is 10.3. The van der Waals surface area contributed by atoms with Crippen molar-refractivity contribution in [3.63, 3.8) is 0 Å². The van der Waals surface area contributed by atoms with Crippen LogP contribution in [0.1, 0.15) is 43.2 Å². The third-order valence-electron chi connectivity index (χ3n) is 5.23. The molecule has 0 aliphatic heterocycles. The number of nitrogens with one attached hydrogen (secondary N) is 1. The van der Waals surface area contributed by atoms with Crippen molar-refractivity contribution < 1.29 is 14.1 Å². The number of rotatable bonds is 7. The van der Waals surface area contributed by atoms with Gasteiger partial charge in [0.15, 0.2) is 6.10 Å². The molecule has 7 heteroatoms. The van der Waals surface area contributed by atoms with Gasteiger partial charge >= 0.3 is 0 Å². The van der Waals surface area contributed by atoms with Crippen molar-refractivity contribution in [1.82, 2.24) is 15.5 Å². The molecule has 2 aromatic carbocycles. The van der Waals surface area contributed by atoms with E-state index in [0.717, 1.165) is 24.2 Å². The van der Waals surface area contributed by atoms with Gasteiger partial charge in [-0.1, -0.05) is 41.9 Å². The lowest BCUT2D eigenvalue weighted by molar-refractivity contribution is -0.128. The first-order valence-corrected chi connectivity index (χ1v) is 10.6. The molecule has 1 heterocycles. The zero-order valence-electron chi connectivity index (χ0n) is 16.9. The van der Waals surface area contributed by atoms with Crippen LogP contribution < -0.4 is 10.1 Å². The number of fused-ring (bicyclic) bond motifs is 1. The third kappa shape index (κ3) is 4.82. The van der Waals surface area contributed by atoms with E-state index in [2.05, 4.69) is 27.6 Å². The summed E-state index contributed by atoms with van der Waals surface area (Å²) >= 11 is 6.00. The molecule has 4 rings (SSSR count). The van der Waals surface area contributed by atoms with Crippen LogP contribution in [0.25, 0.3) is 11.4 Å². The lowest BCUT2D eigenvalue weighted by Gasteiger charge is -2.20. The van der Waals surface area contributed by atoms with Crippen LogP contribution in [0, 0.1) is 0 Å². The quantitative estimate of drug-likeness (QED) is 0.591. The van der Waals surface area contributed by atoms with Crippen molar-refractivity contribution in [2.45, 2.75) is 51.7 Å². The number of halogens is 1. The number of aryl methyl sites for hydroxylation is 2. The standard InChI is InChI=1S/C23H24ClN3O3/c1-2-20(29-19-11-10-15-6-3-4-7-16(15)13-19)23(28)25-14-21-26-22(27-30-21)17-8-5-9-18(24)12-17/h5,8-13,20H,2-4,6-7,14H2,1H3,(H,25,28)/t20-/m0/s1. The maximum atomic E-state index is 12.6. The van der Waals surface area contributed by atoms with Gasteiger partial charge in [-0.05, 0) is 67.5 Å². The minimum Gasteiger partial charge on any atom is -0.481 e. The Labute approximate surface area is 180 Å². The van der Waals surface area contributed by atoms with Gasteiger partial charge in [-0.2, -0.15) is 4.98 Å². The summed E-state index contributed by atoms with van der Waals surface area (Å²) in [4.78, 5) is 16.9. The van der Waals surface area contributed by atoms with Crippen LogP contribution in [-0.2, 0) is 24.2 Å². The molecule has 1 aliphatic carbocycles. The van der Waals surface area contributed by atoms with Crippen LogP contribution in [-0.4, -0.2) is 22.2 Å². The molecule has 0 radical (unpaired) electrons. The maximum Gasteiger partial charge on any atom is 0.261 e. The molecular formula is C23H24ClN3O3. The van der Waals surface area contributed by atoms with E-state index in [4.69, 9.17) is 20.9 Å². The van der Waals surface area contributed by atoms with Crippen LogP contribution in [0.5, 0.6) is 5.75 Å². The van der Waals surface area contributed by atoms with Crippen LogP contribution in [0.4, 0.5) is 0 Å². The second kappa shape index (κ2) is 9.30. The number of hydrogen-bond donors (Lipinski definition) is 1. The Morgan fingerprint density at radius 2 is 2.03 bits per heavy atom. The zero-order valence-corrected chi connectivity index (χ0v) is 17.6. The van der Waals surface area contributed by atoms with E-state index in [0.29, 0.717) is 23.2 Å². The fourth-order valence-corrected chi connectivity index (χ4v) is 3.81. The largest absolute Gasteiger partial charge is 0.481 e. The third-order valence-corrected chi connectivity index (χ3v) is 5.46. The highest BCUT2D eigenvalue weighted by Crippen LogP contribution is 2.26. The second-order valence-corrected chi connectivity index (χ2v) is 7.83. The van der Waals surface area contributed by atoms with Crippen LogP contribution in [0.3, 0.4) is 0 Å². The smallest absolute Gasteiger partial charge is 0.261 e. The van der Waals surface area contributed by atoms with E-state index in [-0.39, 0.29) is 12.5 Å². The monoisotopic (exact) mass is 425 g/mol. The van der Waals surface area contributed by atoms with Crippen molar-refractivity contribution in [1.29, 1.82) is 0 Å². The van der Waals surface area contributed by atoms with Gasteiger partial charge in [0.2, 0.25) is 11.7 Å². The number of amides is 1. The van der Waals surface area contributed by atoms with Gasteiger partial charge in [-0.3, -0.25) is 4.79 Å². The van der Waals surface area contributed by atoms with E-state index < -0.39 is 6.10 Å². The predicted molar refractivity (Wildman–Crippen MR) is 114 cm³/mol. The summed E-state index contributed by atoms with van der Waals surface area (Å²) in [7, 11) is 0. The molecule has 0 unspecified atom stereocenters. The van der Waals surface area contributed by atoms with E-state index in [1.165, 1.54) is 24.0 Å². The number of ether oxygens (including phenoxy) is 1. The second-order valence-electron chi connectivity index (χ2n) is 7.39. The molecule has 0 saturated carbocycles. The molecule has 3 aromatic rings. The maximum absolute atomic E-state index is 12.6. The Bertz CT molecular complexity index is 1030. The minimum absolute atomic E-state index is 0.135. The Hall–Kier alpha value is -2.86. The van der Waals surface area contributed by atoms with Crippen molar-refractivity contribution >= 4 is 17.5 Å². The molecule has 1 amide bonds. The number of carbonyl (C=O) groups is 1. The van der Waals surface area contributed by atoms with Crippen molar-refractivity contribution in [3.05, 3.63) is 64.5 Å².